The van der Waals surface area contributed by atoms with Crippen molar-refractivity contribution in [3.05, 3.63) is 246 Å². The second-order valence-electron chi connectivity index (χ2n) is 31.7. The van der Waals surface area contributed by atoms with E-state index in [0.29, 0.717) is 95.7 Å². The number of hydrazone groups is 1. The lowest BCUT2D eigenvalue weighted by Crippen LogP contribution is -2.66. The number of halogens is 18. The van der Waals surface area contributed by atoms with E-state index in [-0.39, 0.29) is 79.1 Å². The molecule has 1 amide bonds. The van der Waals surface area contributed by atoms with Gasteiger partial charge < -0.3 is 24.7 Å². The van der Waals surface area contributed by atoms with E-state index in [1.165, 1.54) is 39.6 Å². The second-order valence-corrected chi connectivity index (χ2v) is 31.7. The third-order valence-corrected chi connectivity index (χ3v) is 24.2. The van der Waals surface area contributed by atoms with Gasteiger partial charge in [0.15, 0.2) is 0 Å². The van der Waals surface area contributed by atoms with E-state index in [4.69, 9.17) is 19.9 Å². The third kappa shape index (κ3) is 21.5. The molecule has 666 valence electrons. The number of rotatable bonds is 19. The summed E-state index contributed by atoms with van der Waals surface area (Å²) in [6.45, 7) is 12.4. The van der Waals surface area contributed by atoms with Crippen molar-refractivity contribution in [2.45, 2.75) is 208 Å². The number of nitrogens with zero attached hydrogens (tertiary/aromatic N) is 8. The molecule has 8 aromatic rings. The van der Waals surface area contributed by atoms with Crippen LogP contribution in [0.2, 0.25) is 0 Å². The number of alkyl halides is 18. The first-order valence-corrected chi connectivity index (χ1v) is 39.4. The van der Waals surface area contributed by atoms with Gasteiger partial charge in [-0.3, -0.25) is 23.8 Å². The van der Waals surface area contributed by atoms with E-state index >= 15 is 0 Å². The summed E-state index contributed by atoms with van der Waals surface area (Å²) in [6, 6.07) is 33.5. The lowest BCUT2D eigenvalue weighted by Gasteiger charge is -2.57. The first kappa shape index (κ1) is 94.8. The number of hydrogen-bond donors (Lipinski definition) is 4. The number of aromatic nitrogens is 6. The largest absolute Gasteiger partial charge is 0.449 e. The summed E-state index contributed by atoms with van der Waals surface area (Å²) in [7, 11) is 0. The fourth-order valence-corrected chi connectivity index (χ4v) is 17.7. The van der Waals surface area contributed by atoms with Gasteiger partial charge in [0.25, 0.3) is 0 Å². The molecule has 6 aromatic carbocycles. The molecular weight excluding hydrogens is 1640 g/mol. The summed E-state index contributed by atoms with van der Waals surface area (Å²) in [5.41, 5.74) is -0.842. The predicted molar refractivity (Wildman–Crippen MR) is 417 cm³/mol. The number of ether oxygens (including phenoxy) is 4. The summed E-state index contributed by atoms with van der Waals surface area (Å²) in [6.07, 6.45) is -19.8. The van der Waals surface area contributed by atoms with Crippen molar-refractivity contribution in [2.75, 3.05) is 65.7 Å². The van der Waals surface area contributed by atoms with Crippen LogP contribution in [0.25, 0.3) is 0 Å². The van der Waals surface area contributed by atoms with Gasteiger partial charge in [0.05, 0.1) is 106 Å². The Labute approximate surface area is 692 Å². The first-order valence-electron chi connectivity index (χ1n) is 39.4. The second kappa shape index (κ2) is 37.6. The topological polar surface area (TPSA) is 215 Å². The van der Waals surface area contributed by atoms with Crippen LogP contribution < -0.4 is 22.5 Å². The standard InChI is InChI=1S/2C27H28F6N4O2.C25H28F6N2O.C5H10N2O2.CH4/c2*1-18(19-12-21(26(28,29)30)14-22(13-19)27(31,32)33)39-16-25(20-6-3-2-4-7-20)10-9-24(8-5-11-36(25)15-24)37-17-34-35-23(37)38;1-17(18-12-20(24(26,27)28)14-21(13-18)25(29,30)31)34-16-23(19-6-3-2-4-7-19)10-9-22(32)8-5-11-33(23)15-22;1-3-6-7-5(8)9-4-2;/h2*2-4,6-7,12-14,17-18H,5,8-11,15-16H2,1H3,(H,35,38);2-4,6-7,12-14,17H,5,8-11,15-16,32H2,1H3;3H,4H2,1-2H3,(H,7,8);1H4/b;;;6-3+;/t2*18-,24+,25-;17-,22+,23-;;/m111../s1. The number of carbonyl (C=O) groups excluding carboxylic acids is 1. The van der Waals surface area contributed by atoms with Gasteiger partial charge in [-0.2, -0.15) is 94.3 Å². The number of hydrogen-bond acceptors (Lipinski definition) is 14. The van der Waals surface area contributed by atoms with Gasteiger partial charge >= 0.3 is 54.5 Å². The molecule has 6 bridgehead atoms. The van der Waals surface area contributed by atoms with E-state index in [0.717, 1.165) is 80.3 Å². The average Bonchev–Trinajstić information content (AvgIpc) is 1.06. The number of amides is 1. The lowest BCUT2D eigenvalue weighted by atomic mass is 9.70. The van der Waals surface area contributed by atoms with Crippen LogP contribution in [0, 0.1) is 0 Å². The van der Waals surface area contributed by atoms with Crippen molar-refractivity contribution >= 4 is 12.3 Å². The van der Waals surface area contributed by atoms with Gasteiger partial charge in [-0.05, 0) is 219 Å². The van der Waals surface area contributed by atoms with Crippen LogP contribution in [0.4, 0.5) is 83.8 Å². The van der Waals surface area contributed by atoms with Crippen molar-refractivity contribution in [2.24, 2.45) is 10.8 Å². The summed E-state index contributed by atoms with van der Waals surface area (Å²) >= 11 is 0. The Morgan fingerprint density at radius 1 is 0.459 bits per heavy atom. The van der Waals surface area contributed by atoms with Crippen molar-refractivity contribution in [3.8, 4) is 0 Å². The zero-order valence-corrected chi connectivity index (χ0v) is 66.7. The van der Waals surface area contributed by atoms with Gasteiger partial charge in [-0.1, -0.05) is 98.4 Å². The molecule has 19 nitrogen and oxygen atoms in total. The minimum Gasteiger partial charge on any atom is -0.449 e. The Kier molecular flexibility index (Phi) is 29.2. The molecule has 6 aliphatic heterocycles. The fraction of sp³-hybridized carbons (Fsp3) is 0.506. The van der Waals surface area contributed by atoms with Crippen LogP contribution in [-0.2, 0) is 83.7 Å². The molecule has 6 saturated heterocycles. The maximum absolute atomic E-state index is 13.4. The quantitative estimate of drug-likeness (QED) is 0.0337. The number of piperidine rings is 6. The highest BCUT2D eigenvalue weighted by molar-refractivity contribution is 5.68. The number of H-pyrrole nitrogens is 2. The van der Waals surface area contributed by atoms with Gasteiger partial charge in [0.2, 0.25) is 0 Å². The third-order valence-electron chi connectivity index (χ3n) is 24.2. The zero-order chi connectivity index (χ0) is 88.0. The number of benzene rings is 6. The van der Waals surface area contributed by atoms with E-state index in [1.807, 2.05) is 91.0 Å². The molecule has 2 aromatic heterocycles. The maximum atomic E-state index is 13.4. The SMILES string of the molecule is C.C/C=N/NC(=O)OCC.C[C@@H](OC[C@@]1(c2ccccc2)CC[C@@]2(N)CCCN1C2)c1cc(C(F)(F)F)cc(C(F)(F)F)c1.C[C@@H](OC[C@@]1(c2ccccc2)CC[C@@]2(n3cn[nH]c3=O)CCCN1C2)c1cc(C(F)(F)F)cc(C(F)(F)F)c1.C[C@@H](OC[C@@]1(c2ccccc2)CC[C@@]2(n3cn[nH]c3=O)CCCN1C2)c1cc(C(F)(F)F)cc(C(F)(F)F)c1. The van der Waals surface area contributed by atoms with Gasteiger partial charge in [-0.25, -0.2) is 30.0 Å². The van der Waals surface area contributed by atoms with Crippen LogP contribution in [0.15, 0.2) is 173 Å². The van der Waals surface area contributed by atoms with E-state index in [1.54, 1.807) is 23.0 Å². The van der Waals surface area contributed by atoms with Gasteiger partial charge in [0, 0.05) is 31.4 Å². The molecule has 0 aliphatic carbocycles. The molecule has 0 saturated carbocycles. The highest BCUT2D eigenvalue weighted by Crippen LogP contribution is 2.53. The highest BCUT2D eigenvalue weighted by Gasteiger charge is 2.56. The van der Waals surface area contributed by atoms with E-state index in [9.17, 15) is 93.4 Å². The van der Waals surface area contributed by atoms with Crippen LogP contribution in [0.1, 0.15) is 204 Å². The summed E-state index contributed by atoms with van der Waals surface area (Å²) in [5, 5.41) is 16.2. The zero-order valence-electron chi connectivity index (χ0n) is 66.7. The molecule has 0 radical (unpaired) electrons. The Balaban J connectivity index is 0.000000182. The summed E-state index contributed by atoms with van der Waals surface area (Å²) < 4.78 is 267. The normalized spacial score (nSPS) is 25.5. The van der Waals surface area contributed by atoms with Crippen LogP contribution in [0.3, 0.4) is 0 Å². The summed E-state index contributed by atoms with van der Waals surface area (Å²) in [5.74, 6) is 0. The number of nitrogens with one attached hydrogen (secondary N) is 3. The number of carbonyl (C=O) groups is 1. The molecule has 0 spiro atoms. The maximum Gasteiger partial charge on any atom is 0.427 e. The Morgan fingerprint density at radius 3 is 1.03 bits per heavy atom. The first-order chi connectivity index (χ1) is 56.8. The van der Waals surface area contributed by atoms with Crippen molar-refractivity contribution in [1.29, 1.82) is 0 Å². The molecule has 6 aliphatic rings. The van der Waals surface area contributed by atoms with Crippen molar-refractivity contribution in [1.82, 2.24) is 49.7 Å². The minimum absolute atomic E-state index is 0. The molecule has 5 N–H and O–H groups in total. The number of aromatic amines is 2. The average molecular weight is 1740 g/mol. The van der Waals surface area contributed by atoms with Crippen molar-refractivity contribution < 1.29 is 103 Å². The van der Waals surface area contributed by atoms with Crippen LogP contribution in [-0.4, -0.2) is 128 Å². The van der Waals surface area contributed by atoms with Gasteiger partial charge in [0.1, 0.15) is 12.7 Å². The van der Waals surface area contributed by atoms with E-state index < -0.39 is 123 Å². The van der Waals surface area contributed by atoms with E-state index in [2.05, 4.69) is 50.4 Å². The number of nitrogens with two attached hydrogens (primary N) is 1. The molecule has 8 heterocycles. The Morgan fingerprint density at radius 2 is 0.754 bits per heavy atom. The van der Waals surface area contributed by atoms with Crippen LogP contribution >= 0.6 is 0 Å². The Hall–Kier alpha value is -9.40. The minimum atomic E-state index is -4.94. The number of fused-ring (bicyclic) bond motifs is 6. The molecule has 14 rings (SSSR count). The van der Waals surface area contributed by atoms with Gasteiger partial charge in [-0.15, -0.1) is 0 Å². The molecular formula is C85H98F18N12O7. The summed E-state index contributed by atoms with van der Waals surface area (Å²) in [4.78, 5) is 42.0. The Bertz CT molecular complexity index is 4640. The smallest absolute Gasteiger partial charge is 0.427 e. The highest BCUT2D eigenvalue weighted by atomic mass is 19.4. The molecule has 12 atom stereocenters. The molecule has 3 unspecified atom stereocenters. The predicted octanol–water partition coefficient (Wildman–Crippen LogP) is 19.4. The monoisotopic (exact) mass is 1740 g/mol. The molecule has 37 heteroatoms. The molecule has 6 fully saturated rings. The van der Waals surface area contributed by atoms with Crippen molar-refractivity contribution in [3.63, 3.8) is 0 Å². The molecule has 122 heavy (non-hydrogen) atoms. The van der Waals surface area contributed by atoms with Crippen LogP contribution in [0.5, 0.6) is 0 Å². The lowest BCUT2D eigenvalue weighted by molar-refractivity contribution is -0.145. The fourth-order valence-electron chi connectivity index (χ4n) is 17.7.